The van der Waals surface area contributed by atoms with Gasteiger partial charge in [0, 0.05) is 18.2 Å². The van der Waals surface area contributed by atoms with E-state index in [1.54, 1.807) is 0 Å². The predicted molar refractivity (Wildman–Crippen MR) is 65.5 cm³/mol. The second-order valence-corrected chi connectivity index (χ2v) is 5.46. The average Bonchev–Trinajstić information content (AvgIpc) is 2.95. The zero-order valence-corrected chi connectivity index (χ0v) is 10.6. The number of hydrogen-bond donors (Lipinski definition) is 1. The van der Waals surface area contributed by atoms with Crippen LogP contribution < -0.4 is 5.32 Å². The Labute approximate surface area is 101 Å². The van der Waals surface area contributed by atoms with Gasteiger partial charge >= 0.3 is 0 Å². The van der Waals surface area contributed by atoms with E-state index in [-0.39, 0.29) is 0 Å². The highest BCUT2D eigenvalue weighted by atomic mass is 32.2. The summed E-state index contributed by atoms with van der Waals surface area (Å²) in [4.78, 5) is 4.37. The summed E-state index contributed by atoms with van der Waals surface area (Å²) < 4.78 is 5.17. The monoisotopic (exact) mass is 241 g/mol. The molecule has 5 heteroatoms. The molecule has 16 heavy (non-hydrogen) atoms. The normalized spacial score (nSPS) is 17.1. The third-order valence-electron chi connectivity index (χ3n) is 2.85. The molecule has 0 spiro atoms. The minimum Gasteiger partial charge on any atom is -0.339 e. The molecule has 1 fully saturated rings. The van der Waals surface area contributed by atoms with Crippen molar-refractivity contribution in [3.8, 4) is 0 Å². The van der Waals surface area contributed by atoms with Crippen LogP contribution in [0.25, 0.3) is 0 Å². The minimum atomic E-state index is 0.747. The van der Waals surface area contributed by atoms with Crippen LogP contribution in [0.1, 0.15) is 37.4 Å². The van der Waals surface area contributed by atoms with Crippen LogP contribution in [0, 0.1) is 0 Å². The lowest BCUT2D eigenvalue weighted by molar-refractivity contribution is 0.373. The Hall–Kier alpha value is -0.550. The molecule has 0 saturated heterocycles. The molecule has 0 unspecified atom stereocenters. The van der Waals surface area contributed by atoms with Crippen molar-refractivity contribution < 1.29 is 4.52 Å². The van der Waals surface area contributed by atoms with Crippen LogP contribution in [-0.2, 0) is 12.2 Å². The van der Waals surface area contributed by atoms with Crippen LogP contribution in [0.15, 0.2) is 4.52 Å². The number of aromatic nitrogens is 2. The zero-order valence-electron chi connectivity index (χ0n) is 9.74. The van der Waals surface area contributed by atoms with E-state index in [2.05, 4.69) is 15.5 Å². The maximum Gasteiger partial charge on any atom is 0.227 e. The van der Waals surface area contributed by atoms with Gasteiger partial charge in [-0.05, 0) is 19.9 Å². The Morgan fingerprint density at radius 1 is 1.44 bits per heavy atom. The molecular formula is C11H19N3OS. The minimum absolute atomic E-state index is 0.747. The molecule has 90 valence electrons. The highest BCUT2D eigenvalue weighted by molar-refractivity contribution is 7.99. The first kappa shape index (κ1) is 11.9. The maximum atomic E-state index is 5.17. The van der Waals surface area contributed by atoms with E-state index in [4.69, 9.17) is 4.52 Å². The molecule has 1 saturated carbocycles. The summed E-state index contributed by atoms with van der Waals surface area (Å²) in [6.07, 6.45) is 6.30. The molecule has 0 radical (unpaired) electrons. The second-order valence-electron chi connectivity index (χ2n) is 4.18. The molecular weight excluding hydrogens is 222 g/mol. The van der Waals surface area contributed by atoms with Crippen molar-refractivity contribution in [1.82, 2.24) is 15.5 Å². The summed E-state index contributed by atoms with van der Waals surface area (Å²) in [5, 5.41) is 7.88. The number of hydrogen-bond acceptors (Lipinski definition) is 5. The van der Waals surface area contributed by atoms with Crippen molar-refractivity contribution in [3.63, 3.8) is 0 Å². The predicted octanol–water partition coefficient (Wildman–Crippen LogP) is 2.01. The highest BCUT2D eigenvalue weighted by Crippen LogP contribution is 2.30. The van der Waals surface area contributed by atoms with E-state index in [1.807, 2.05) is 18.8 Å². The summed E-state index contributed by atoms with van der Waals surface area (Å²) in [7, 11) is 1.92. The zero-order chi connectivity index (χ0) is 11.2. The van der Waals surface area contributed by atoms with Gasteiger partial charge in [-0.3, -0.25) is 0 Å². The van der Waals surface area contributed by atoms with E-state index < -0.39 is 0 Å². The van der Waals surface area contributed by atoms with Gasteiger partial charge in [-0.2, -0.15) is 16.7 Å². The fourth-order valence-electron chi connectivity index (χ4n) is 1.93. The van der Waals surface area contributed by atoms with Gasteiger partial charge in [0.15, 0.2) is 5.82 Å². The van der Waals surface area contributed by atoms with Crippen LogP contribution in [0.4, 0.5) is 0 Å². The quantitative estimate of drug-likeness (QED) is 0.825. The van der Waals surface area contributed by atoms with Gasteiger partial charge in [-0.15, -0.1) is 0 Å². The topological polar surface area (TPSA) is 51.0 Å². The van der Waals surface area contributed by atoms with Crippen LogP contribution in [0.2, 0.25) is 0 Å². The largest absolute Gasteiger partial charge is 0.339 e. The maximum absolute atomic E-state index is 5.17. The summed E-state index contributed by atoms with van der Waals surface area (Å²) in [5.41, 5.74) is 0. The molecule has 2 rings (SSSR count). The van der Waals surface area contributed by atoms with Gasteiger partial charge in [0.25, 0.3) is 0 Å². The van der Waals surface area contributed by atoms with Crippen molar-refractivity contribution in [2.75, 3.05) is 13.6 Å². The molecule has 0 bridgehead atoms. The van der Waals surface area contributed by atoms with E-state index in [1.165, 1.54) is 25.7 Å². The Kier molecular flexibility index (Phi) is 4.66. The van der Waals surface area contributed by atoms with Crippen molar-refractivity contribution in [3.05, 3.63) is 11.7 Å². The molecule has 1 N–H and O–H groups in total. The van der Waals surface area contributed by atoms with Gasteiger partial charge in [0.2, 0.25) is 5.89 Å². The van der Waals surface area contributed by atoms with Crippen LogP contribution >= 0.6 is 11.8 Å². The lowest BCUT2D eigenvalue weighted by Gasteiger charge is -2.04. The van der Waals surface area contributed by atoms with E-state index >= 15 is 0 Å². The number of thioether (sulfide) groups is 1. The summed E-state index contributed by atoms with van der Waals surface area (Å²) in [5.74, 6) is 2.49. The molecule has 0 amide bonds. The average molecular weight is 241 g/mol. The van der Waals surface area contributed by atoms with Gasteiger partial charge in [0.1, 0.15) is 0 Å². The molecule has 1 aliphatic carbocycles. The van der Waals surface area contributed by atoms with Crippen LogP contribution in [0.5, 0.6) is 0 Å². The SMILES string of the molecule is CNCCc1nc(CSC2CCCC2)no1. The first-order chi connectivity index (χ1) is 7.88. The first-order valence-corrected chi connectivity index (χ1v) is 7.01. The van der Waals surface area contributed by atoms with Crippen molar-refractivity contribution >= 4 is 11.8 Å². The Morgan fingerprint density at radius 2 is 2.25 bits per heavy atom. The molecule has 4 nitrogen and oxygen atoms in total. The Morgan fingerprint density at radius 3 is 3.00 bits per heavy atom. The highest BCUT2D eigenvalue weighted by Gasteiger charge is 2.16. The first-order valence-electron chi connectivity index (χ1n) is 5.96. The molecule has 1 aromatic heterocycles. The summed E-state index contributed by atoms with van der Waals surface area (Å²) >= 11 is 1.97. The van der Waals surface area contributed by atoms with Crippen molar-refractivity contribution in [2.24, 2.45) is 0 Å². The van der Waals surface area contributed by atoms with Gasteiger partial charge in [0.05, 0.1) is 5.75 Å². The summed E-state index contributed by atoms with van der Waals surface area (Å²) in [6.45, 7) is 0.886. The lowest BCUT2D eigenvalue weighted by atomic mass is 10.4. The lowest BCUT2D eigenvalue weighted by Crippen LogP contribution is -2.10. The van der Waals surface area contributed by atoms with E-state index in [0.717, 1.165) is 35.7 Å². The number of nitrogens with zero attached hydrogens (tertiary/aromatic N) is 2. The third kappa shape index (κ3) is 3.49. The number of likely N-dealkylation sites (N-methyl/N-ethyl adjacent to an activating group) is 1. The van der Waals surface area contributed by atoms with E-state index in [9.17, 15) is 0 Å². The van der Waals surface area contributed by atoms with E-state index in [0.29, 0.717) is 0 Å². The van der Waals surface area contributed by atoms with Crippen LogP contribution in [-0.4, -0.2) is 29.0 Å². The number of rotatable bonds is 6. The Balaban J connectivity index is 1.73. The second kappa shape index (κ2) is 6.25. The molecule has 1 aliphatic rings. The third-order valence-corrected chi connectivity index (χ3v) is 4.22. The van der Waals surface area contributed by atoms with Crippen LogP contribution in [0.3, 0.4) is 0 Å². The van der Waals surface area contributed by atoms with Gasteiger partial charge < -0.3 is 9.84 Å². The Bertz CT molecular complexity index is 310. The van der Waals surface area contributed by atoms with Gasteiger partial charge in [-0.1, -0.05) is 18.0 Å². The molecule has 1 heterocycles. The fraction of sp³-hybridized carbons (Fsp3) is 0.818. The van der Waals surface area contributed by atoms with Crippen molar-refractivity contribution in [2.45, 2.75) is 43.1 Å². The smallest absolute Gasteiger partial charge is 0.227 e. The summed E-state index contributed by atoms with van der Waals surface area (Å²) in [6, 6.07) is 0. The van der Waals surface area contributed by atoms with Gasteiger partial charge in [-0.25, -0.2) is 0 Å². The fourth-order valence-corrected chi connectivity index (χ4v) is 3.10. The van der Waals surface area contributed by atoms with Crippen molar-refractivity contribution in [1.29, 1.82) is 0 Å². The molecule has 0 aliphatic heterocycles. The standard InChI is InChI=1S/C11H19N3OS/c1-12-7-6-11-13-10(14-15-11)8-16-9-4-2-3-5-9/h9,12H,2-8H2,1H3. The molecule has 0 aromatic carbocycles. The number of nitrogens with one attached hydrogen (secondary N) is 1. The molecule has 0 atom stereocenters. The molecule has 1 aromatic rings.